The van der Waals surface area contributed by atoms with E-state index in [0.29, 0.717) is 37.1 Å². The van der Waals surface area contributed by atoms with Crippen LogP contribution in [0.15, 0.2) is 24.3 Å². The molecule has 2 heterocycles. The Hall–Kier alpha value is -1.96. The Kier molecular flexibility index (Phi) is 5.99. The Labute approximate surface area is 184 Å². The Morgan fingerprint density at radius 2 is 1.87 bits per heavy atom. The lowest BCUT2D eigenvalue weighted by molar-refractivity contribution is -0.139. The zero-order valence-corrected chi connectivity index (χ0v) is 18.5. The molecule has 2 amide bonds. The molecule has 4 unspecified atom stereocenters. The third-order valence-electron chi connectivity index (χ3n) is 7.93. The number of carbonyl (C=O) groups excluding carboxylic acids is 2. The van der Waals surface area contributed by atoms with Crippen LogP contribution in [0.5, 0.6) is 0 Å². The van der Waals surface area contributed by atoms with Crippen molar-refractivity contribution in [1.82, 2.24) is 26.0 Å². The zero-order valence-electron chi connectivity index (χ0n) is 18.5. The summed E-state index contributed by atoms with van der Waals surface area (Å²) in [5, 5.41) is 2.99. The van der Waals surface area contributed by atoms with Crippen LogP contribution in [-0.2, 0) is 22.4 Å². The fourth-order valence-electron chi connectivity index (χ4n) is 6.19. The number of piperazine rings is 1. The van der Waals surface area contributed by atoms with Crippen molar-refractivity contribution in [1.29, 1.82) is 0 Å². The molecule has 0 aromatic heterocycles. The molecular weight excluding hydrogens is 390 g/mol. The fraction of sp³-hybridized carbons (Fsp3) is 0.667. The van der Waals surface area contributed by atoms with Gasteiger partial charge in [-0.1, -0.05) is 37.1 Å². The van der Waals surface area contributed by atoms with Gasteiger partial charge in [0.25, 0.3) is 0 Å². The van der Waals surface area contributed by atoms with E-state index in [2.05, 4.69) is 45.3 Å². The molecule has 168 valence electrons. The van der Waals surface area contributed by atoms with Crippen LogP contribution in [0.25, 0.3) is 0 Å². The van der Waals surface area contributed by atoms with Gasteiger partial charge in [-0.2, -0.15) is 0 Å². The Balaban J connectivity index is 1.22. The van der Waals surface area contributed by atoms with Crippen LogP contribution >= 0.6 is 0 Å². The molecule has 3 N–H and O–H groups in total. The maximum atomic E-state index is 13.2. The number of fused-ring (bicyclic) bond motifs is 2. The van der Waals surface area contributed by atoms with Crippen LogP contribution in [0.2, 0.25) is 0 Å². The lowest BCUT2D eigenvalue weighted by Crippen LogP contribution is -2.60. The number of nitrogens with one attached hydrogen (secondary N) is 3. The third kappa shape index (κ3) is 4.23. The van der Waals surface area contributed by atoms with Gasteiger partial charge in [-0.05, 0) is 42.7 Å². The summed E-state index contributed by atoms with van der Waals surface area (Å²) in [6, 6.07) is 9.30. The number of likely N-dealkylation sites (N-methyl/N-ethyl adjacent to an activating group) is 1. The van der Waals surface area contributed by atoms with E-state index in [1.165, 1.54) is 36.8 Å². The van der Waals surface area contributed by atoms with Crippen molar-refractivity contribution in [2.75, 3.05) is 26.7 Å². The van der Waals surface area contributed by atoms with Crippen LogP contribution in [0.3, 0.4) is 0 Å². The first-order chi connectivity index (χ1) is 15.1. The minimum atomic E-state index is -0.375. The number of nitrogens with zero attached hydrogens (tertiary/aromatic N) is 2. The molecule has 4 aliphatic rings. The molecule has 1 aromatic carbocycles. The number of hydrogen-bond donors (Lipinski definition) is 3. The highest BCUT2D eigenvalue weighted by Gasteiger charge is 2.40. The molecule has 3 fully saturated rings. The molecule has 2 aliphatic carbocycles. The minimum Gasteiger partial charge on any atom is -0.353 e. The zero-order chi connectivity index (χ0) is 21.4. The first-order valence-corrected chi connectivity index (χ1v) is 12.0. The third-order valence-corrected chi connectivity index (χ3v) is 7.93. The second-order valence-corrected chi connectivity index (χ2v) is 9.80. The van der Waals surface area contributed by atoms with Gasteiger partial charge in [0.05, 0.1) is 12.5 Å². The van der Waals surface area contributed by atoms with E-state index in [0.717, 1.165) is 19.4 Å². The van der Waals surface area contributed by atoms with Crippen LogP contribution in [0.1, 0.15) is 43.2 Å². The molecule has 2 saturated heterocycles. The van der Waals surface area contributed by atoms with Gasteiger partial charge in [0.2, 0.25) is 11.8 Å². The number of benzene rings is 1. The van der Waals surface area contributed by atoms with Gasteiger partial charge in [-0.15, -0.1) is 0 Å². The largest absolute Gasteiger partial charge is 0.353 e. The highest BCUT2D eigenvalue weighted by Crippen LogP contribution is 2.31. The van der Waals surface area contributed by atoms with Gasteiger partial charge in [0, 0.05) is 44.8 Å². The molecule has 5 rings (SSSR count). The molecule has 4 atom stereocenters. The van der Waals surface area contributed by atoms with Gasteiger partial charge in [-0.25, -0.2) is 0 Å². The van der Waals surface area contributed by atoms with Crippen molar-refractivity contribution in [3.8, 4) is 0 Å². The summed E-state index contributed by atoms with van der Waals surface area (Å²) < 4.78 is 0. The SMILES string of the molecule is CN(CC1NNC2CCCCC21)C(=O)CC1C(=O)NCCN1C1Cc2ccccc2C1. The molecule has 0 spiro atoms. The van der Waals surface area contributed by atoms with Crippen molar-refractivity contribution in [3.63, 3.8) is 0 Å². The van der Waals surface area contributed by atoms with E-state index in [1.807, 2.05) is 11.9 Å². The number of amides is 2. The predicted molar refractivity (Wildman–Crippen MR) is 119 cm³/mol. The van der Waals surface area contributed by atoms with E-state index in [4.69, 9.17) is 0 Å². The molecular formula is C24H35N5O2. The van der Waals surface area contributed by atoms with Gasteiger partial charge in [0.1, 0.15) is 0 Å². The average Bonchev–Trinajstić information content (AvgIpc) is 3.39. The van der Waals surface area contributed by atoms with E-state index in [9.17, 15) is 9.59 Å². The maximum Gasteiger partial charge on any atom is 0.237 e. The molecule has 31 heavy (non-hydrogen) atoms. The molecule has 0 bridgehead atoms. The Morgan fingerprint density at radius 1 is 1.13 bits per heavy atom. The maximum absolute atomic E-state index is 13.2. The second-order valence-electron chi connectivity index (χ2n) is 9.80. The standard InChI is InChI=1S/C24H35N5O2/c1-28(15-21-19-8-4-5-9-20(19)26-27-21)23(30)14-22-24(31)25-10-11-29(22)18-12-16-6-2-3-7-17(16)13-18/h2-3,6-7,18-22,26-27H,4-5,8-15H2,1H3,(H,25,31). The minimum absolute atomic E-state index is 0.00282. The lowest BCUT2D eigenvalue weighted by Gasteiger charge is -2.39. The highest BCUT2D eigenvalue weighted by atomic mass is 16.2. The van der Waals surface area contributed by atoms with E-state index < -0.39 is 0 Å². The first-order valence-electron chi connectivity index (χ1n) is 12.0. The lowest BCUT2D eigenvalue weighted by atomic mass is 9.81. The summed E-state index contributed by atoms with van der Waals surface area (Å²) in [4.78, 5) is 30.1. The van der Waals surface area contributed by atoms with Crippen molar-refractivity contribution in [2.45, 2.75) is 69.1 Å². The average molecular weight is 426 g/mol. The summed E-state index contributed by atoms with van der Waals surface area (Å²) in [5.41, 5.74) is 9.62. The highest BCUT2D eigenvalue weighted by molar-refractivity contribution is 5.88. The summed E-state index contributed by atoms with van der Waals surface area (Å²) in [6.45, 7) is 2.16. The Bertz CT molecular complexity index is 805. The van der Waals surface area contributed by atoms with E-state index >= 15 is 0 Å². The number of hydrazine groups is 1. The van der Waals surface area contributed by atoms with Gasteiger partial charge < -0.3 is 10.2 Å². The molecule has 1 aromatic rings. The summed E-state index contributed by atoms with van der Waals surface area (Å²) in [6.07, 6.45) is 7.18. The van der Waals surface area contributed by atoms with E-state index in [-0.39, 0.29) is 24.3 Å². The second kappa shape index (κ2) is 8.88. The number of carbonyl (C=O) groups is 2. The molecule has 0 radical (unpaired) electrons. The molecule has 2 aliphatic heterocycles. The first kappa shape index (κ1) is 20.9. The van der Waals surface area contributed by atoms with Gasteiger partial charge in [-0.3, -0.25) is 25.3 Å². The molecule has 7 nitrogen and oxygen atoms in total. The van der Waals surface area contributed by atoms with Gasteiger partial charge >= 0.3 is 0 Å². The van der Waals surface area contributed by atoms with Crippen molar-refractivity contribution in [2.24, 2.45) is 5.92 Å². The van der Waals surface area contributed by atoms with Crippen LogP contribution in [0.4, 0.5) is 0 Å². The monoisotopic (exact) mass is 425 g/mol. The molecule has 1 saturated carbocycles. The van der Waals surface area contributed by atoms with Crippen LogP contribution in [-0.4, -0.2) is 72.5 Å². The topological polar surface area (TPSA) is 76.7 Å². The fourth-order valence-corrected chi connectivity index (χ4v) is 6.19. The van der Waals surface area contributed by atoms with Crippen molar-refractivity contribution >= 4 is 11.8 Å². The van der Waals surface area contributed by atoms with Gasteiger partial charge in [0.15, 0.2) is 0 Å². The van der Waals surface area contributed by atoms with Crippen molar-refractivity contribution < 1.29 is 9.59 Å². The molecule has 7 heteroatoms. The normalized spacial score (nSPS) is 31.2. The summed E-state index contributed by atoms with van der Waals surface area (Å²) in [7, 11) is 1.89. The number of rotatable bonds is 5. The summed E-state index contributed by atoms with van der Waals surface area (Å²) >= 11 is 0. The number of hydrogen-bond acceptors (Lipinski definition) is 5. The van der Waals surface area contributed by atoms with Crippen LogP contribution < -0.4 is 16.2 Å². The van der Waals surface area contributed by atoms with Crippen molar-refractivity contribution in [3.05, 3.63) is 35.4 Å². The predicted octanol–water partition coefficient (Wildman–Crippen LogP) is 0.838. The smallest absolute Gasteiger partial charge is 0.237 e. The van der Waals surface area contributed by atoms with E-state index in [1.54, 1.807) is 0 Å². The summed E-state index contributed by atoms with van der Waals surface area (Å²) in [5.74, 6) is 0.649. The quantitative estimate of drug-likeness (QED) is 0.652. The Morgan fingerprint density at radius 3 is 2.65 bits per heavy atom. The van der Waals surface area contributed by atoms with Crippen LogP contribution in [0, 0.1) is 5.92 Å².